The van der Waals surface area contributed by atoms with Crippen molar-refractivity contribution < 1.29 is 9.53 Å². The van der Waals surface area contributed by atoms with Gasteiger partial charge in [-0.15, -0.1) is 0 Å². The molecule has 0 fully saturated rings. The summed E-state index contributed by atoms with van der Waals surface area (Å²) in [5.41, 5.74) is 2.28. The van der Waals surface area contributed by atoms with Crippen LogP contribution in [0.1, 0.15) is 19.4 Å². The zero-order valence-corrected chi connectivity index (χ0v) is 11.6. The quantitative estimate of drug-likeness (QED) is 0.839. The van der Waals surface area contributed by atoms with Crippen LogP contribution in [0.2, 0.25) is 0 Å². The Balaban J connectivity index is 2.30. The average molecular weight is 260 g/mol. The minimum absolute atomic E-state index is 0.0777. The summed E-state index contributed by atoms with van der Waals surface area (Å²) < 4.78 is 7.15. The number of hydrogen-bond acceptors (Lipinski definition) is 3. The number of nitrogens with one attached hydrogen (secondary N) is 1. The number of hydrogen-bond donors (Lipinski definition) is 1. The number of para-hydroxylation sites is 1. The molecular weight excluding hydrogens is 240 g/mol. The molecule has 2 rings (SSSR count). The standard InChI is InChI=1S/C15H20N2O2/c1-11(2)19-14(18)10-17-8-7-12-5-4-6-13(9-16-3)15(12)17/h4-8,11,16H,9-10H2,1-3H3. The molecule has 1 aromatic carbocycles. The number of nitrogens with zero attached hydrogens (tertiary/aromatic N) is 1. The van der Waals surface area contributed by atoms with Gasteiger partial charge >= 0.3 is 5.97 Å². The second kappa shape index (κ2) is 5.89. The summed E-state index contributed by atoms with van der Waals surface area (Å²) in [5, 5.41) is 4.29. The number of carbonyl (C=O) groups is 1. The van der Waals surface area contributed by atoms with Gasteiger partial charge in [0.2, 0.25) is 0 Å². The van der Waals surface area contributed by atoms with E-state index >= 15 is 0 Å². The fraction of sp³-hybridized carbons (Fsp3) is 0.400. The smallest absolute Gasteiger partial charge is 0.326 e. The third-order valence-electron chi connectivity index (χ3n) is 2.91. The number of carbonyl (C=O) groups excluding carboxylic acids is 1. The number of rotatable bonds is 5. The van der Waals surface area contributed by atoms with Gasteiger partial charge in [-0.05, 0) is 37.9 Å². The minimum Gasteiger partial charge on any atom is -0.462 e. The largest absolute Gasteiger partial charge is 0.462 e. The van der Waals surface area contributed by atoms with E-state index in [1.165, 1.54) is 5.56 Å². The molecule has 1 aromatic heterocycles. The summed E-state index contributed by atoms with van der Waals surface area (Å²) in [7, 11) is 1.92. The van der Waals surface area contributed by atoms with Crippen LogP contribution in [-0.2, 0) is 22.6 Å². The highest BCUT2D eigenvalue weighted by Crippen LogP contribution is 2.20. The first-order valence-corrected chi connectivity index (χ1v) is 6.52. The van der Waals surface area contributed by atoms with E-state index in [-0.39, 0.29) is 18.6 Å². The second-order valence-corrected chi connectivity index (χ2v) is 4.87. The summed E-state index contributed by atoms with van der Waals surface area (Å²) >= 11 is 0. The van der Waals surface area contributed by atoms with Crippen LogP contribution in [0.25, 0.3) is 10.9 Å². The van der Waals surface area contributed by atoms with E-state index in [1.54, 1.807) is 0 Å². The second-order valence-electron chi connectivity index (χ2n) is 4.87. The molecule has 0 spiro atoms. The molecule has 0 amide bonds. The summed E-state index contributed by atoms with van der Waals surface area (Å²) in [4.78, 5) is 11.8. The van der Waals surface area contributed by atoms with E-state index in [4.69, 9.17) is 4.74 Å². The molecular formula is C15H20N2O2. The zero-order chi connectivity index (χ0) is 13.8. The van der Waals surface area contributed by atoms with Crippen molar-refractivity contribution in [1.82, 2.24) is 9.88 Å². The van der Waals surface area contributed by atoms with Gasteiger partial charge in [-0.25, -0.2) is 0 Å². The lowest BCUT2D eigenvalue weighted by Gasteiger charge is -2.11. The molecule has 4 nitrogen and oxygen atoms in total. The lowest BCUT2D eigenvalue weighted by molar-refractivity contribution is -0.148. The minimum atomic E-state index is -0.202. The van der Waals surface area contributed by atoms with Crippen molar-refractivity contribution in [2.75, 3.05) is 7.05 Å². The third kappa shape index (κ3) is 3.15. The van der Waals surface area contributed by atoms with Gasteiger partial charge in [0.1, 0.15) is 6.54 Å². The van der Waals surface area contributed by atoms with Gasteiger partial charge in [-0.2, -0.15) is 0 Å². The molecule has 0 radical (unpaired) electrons. The molecule has 1 heterocycles. The number of aromatic nitrogens is 1. The van der Waals surface area contributed by atoms with Gasteiger partial charge in [0, 0.05) is 12.7 Å². The molecule has 0 unspecified atom stereocenters. The van der Waals surface area contributed by atoms with Crippen molar-refractivity contribution in [3.63, 3.8) is 0 Å². The summed E-state index contributed by atoms with van der Waals surface area (Å²) in [6.07, 6.45) is 1.86. The predicted molar refractivity (Wildman–Crippen MR) is 75.9 cm³/mol. The van der Waals surface area contributed by atoms with Crippen molar-refractivity contribution in [2.45, 2.75) is 33.0 Å². The Kier molecular flexibility index (Phi) is 4.22. The molecule has 0 saturated carbocycles. The Hall–Kier alpha value is -1.81. The Morgan fingerprint density at radius 3 is 2.84 bits per heavy atom. The van der Waals surface area contributed by atoms with E-state index in [0.29, 0.717) is 0 Å². The van der Waals surface area contributed by atoms with Gasteiger partial charge in [0.25, 0.3) is 0 Å². The van der Waals surface area contributed by atoms with E-state index in [1.807, 2.05) is 43.8 Å². The first-order chi connectivity index (χ1) is 9.11. The van der Waals surface area contributed by atoms with E-state index < -0.39 is 0 Å². The van der Waals surface area contributed by atoms with Gasteiger partial charge in [-0.3, -0.25) is 4.79 Å². The maximum Gasteiger partial charge on any atom is 0.326 e. The highest BCUT2D eigenvalue weighted by molar-refractivity contribution is 5.85. The lowest BCUT2D eigenvalue weighted by atomic mass is 10.1. The van der Waals surface area contributed by atoms with E-state index in [0.717, 1.165) is 17.4 Å². The molecule has 4 heteroatoms. The van der Waals surface area contributed by atoms with Crippen molar-refractivity contribution in [3.05, 3.63) is 36.0 Å². The average Bonchev–Trinajstić information content (AvgIpc) is 2.73. The van der Waals surface area contributed by atoms with Crippen LogP contribution in [0, 0.1) is 0 Å². The molecule has 0 aliphatic carbocycles. The molecule has 0 aliphatic rings. The zero-order valence-electron chi connectivity index (χ0n) is 11.6. The van der Waals surface area contributed by atoms with Crippen molar-refractivity contribution >= 4 is 16.9 Å². The van der Waals surface area contributed by atoms with Crippen molar-refractivity contribution in [2.24, 2.45) is 0 Å². The Bertz CT molecular complexity index is 573. The van der Waals surface area contributed by atoms with Gasteiger partial charge in [0.05, 0.1) is 11.6 Å². The monoisotopic (exact) mass is 260 g/mol. The predicted octanol–water partition coefficient (Wildman–Crippen LogP) is 2.31. The topological polar surface area (TPSA) is 43.3 Å². The van der Waals surface area contributed by atoms with E-state index in [2.05, 4.69) is 17.4 Å². The normalized spacial score (nSPS) is 11.2. The van der Waals surface area contributed by atoms with Crippen LogP contribution >= 0.6 is 0 Å². The van der Waals surface area contributed by atoms with Crippen LogP contribution in [-0.4, -0.2) is 23.7 Å². The summed E-state index contributed by atoms with van der Waals surface area (Å²) in [5.74, 6) is -0.202. The number of benzene rings is 1. The van der Waals surface area contributed by atoms with Crippen LogP contribution in [0.4, 0.5) is 0 Å². The number of esters is 1. The Morgan fingerprint density at radius 1 is 1.37 bits per heavy atom. The van der Waals surface area contributed by atoms with Gasteiger partial charge < -0.3 is 14.6 Å². The molecule has 0 aliphatic heterocycles. The number of fused-ring (bicyclic) bond motifs is 1. The first-order valence-electron chi connectivity index (χ1n) is 6.52. The molecule has 0 bridgehead atoms. The van der Waals surface area contributed by atoms with Crippen LogP contribution < -0.4 is 5.32 Å². The lowest BCUT2D eigenvalue weighted by Crippen LogP contribution is -2.17. The maximum atomic E-state index is 11.8. The van der Waals surface area contributed by atoms with E-state index in [9.17, 15) is 4.79 Å². The molecule has 102 valence electrons. The fourth-order valence-corrected chi connectivity index (χ4v) is 2.24. The van der Waals surface area contributed by atoms with Gasteiger partial charge in [-0.1, -0.05) is 18.2 Å². The molecule has 2 aromatic rings. The third-order valence-corrected chi connectivity index (χ3v) is 2.91. The fourth-order valence-electron chi connectivity index (χ4n) is 2.24. The Labute approximate surface area is 113 Å². The molecule has 1 N–H and O–H groups in total. The summed E-state index contributed by atoms with van der Waals surface area (Å²) in [6.45, 7) is 4.75. The van der Waals surface area contributed by atoms with Gasteiger partial charge in [0.15, 0.2) is 0 Å². The highest BCUT2D eigenvalue weighted by Gasteiger charge is 2.11. The maximum absolute atomic E-state index is 11.8. The SMILES string of the molecule is CNCc1cccc2ccn(CC(=O)OC(C)C)c12. The number of ether oxygens (including phenoxy) is 1. The van der Waals surface area contributed by atoms with Crippen molar-refractivity contribution in [3.8, 4) is 0 Å². The highest BCUT2D eigenvalue weighted by atomic mass is 16.5. The molecule has 0 saturated heterocycles. The van der Waals surface area contributed by atoms with Crippen LogP contribution in [0.5, 0.6) is 0 Å². The first kappa shape index (κ1) is 13.6. The Morgan fingerprint density at radius 2 is 2.16 bits per heavy atom. The molecule has 0 atom stereocenters. The van der Waals surface area contributed by atoms with Crippen LogP contribution in [0.3, 0.4) is 0 Å². The summed E-state index contributed by atoms with van der Waals surface area (Å²) in [6, 6.07) is 8.19. The van der Waals surface area contributed by atoms with Crippen molar-refractivity contribution in [1.29, 1.82) is 0 Å². The van der Waals surface area contributed by atoms with Crippen LogP contribution in [0.15, 0.2) is 30.5 Å². The molecule has 19 heavy (non-hydrogen) atoms.